The van der Waals surface area contributed by atoms with E-state index in [9.17, 15) is 9.59 Å². The first-order valence-electron chi connectivity index (χ1n) is 5.75. The van der Waals surface area contributed by atoms with E-state index in [1.165, 1.54) is 0 Å². The van der Waals surface area contributed by atoms with Crippen LogP contribution in [0, 0.1) is 0 Å². The molecule has 1 rings (SSSR count). The van der Waals surface area contributed by atoms with Crippen molar-refractivity contribution < 1.29 is 19.4 Å². The van der Waals surface area contributed by atoms with E-state index >= 15 is 0 Å². The number of carboxylic acids is 1. The quantitative estimate of drug-likeness (QED) is 0.756. The van der Waals surface area contributed by atoms with Crippen molar-refractivity contribution in [2.75, 3.05) is 13.2 Å². The van der Waals surface area contributed by atoms with E-state index in [0.29, 0.717) is 0 Å². The van der Waals surface area contributed by atoms with E-state index in [1.807, 2.05) is 24.4 Å². The molecule has 1 aromatic heterocycles. The van der Waals surface area contributed by atoms with Gasteiger partial charge in [0.05, 0.1) is 6.04 Å². The molecule has 0 saturated carbocycles. The van der Waals surface area contributed by atoms with Gasteiger partial charge in [0, 0.05) is 4.88 Å². The number of amides is 1. The van der Waals surface area contributed by atoms with Crippen molar-refractivity contribution in [3.8, 4) is 0 Å². The molecule has 1 unspecified atom stereocenters. The Morgan fingerprint density at radius 1 is 1.50 bits per heavy atom. The standard InChI is InChI=1S/C12H17NO4S/c1-2-4-9(10-5-3-6-18-10)13-11(14)7-17-8-12(15)16/h3,5-6,9H,2,4,7-8H2,1H3,(H,13,14)(H,15,16). The molecule has 100 valence electrons. The lowest BCUT2D eigenvalue weighted by atomic mass is 10.1. The van der Waals surface area contributed by atoms with Gasteiger partial charge in [-0.3, -0.25) is 4.79 Å². The van der Waals surface area contributed by atoms with Crippen LogP contribution in [0.25, 0.3) is 0 Å². The summed E-state index contributed by atoms with van der Waals surface area (Å²) in [6, 6.07) is 3.90. The van der Waals surface area contributed by atoms with E-state index in [-0.39, 0.29) is 18.6 Å². The molecule has 0 spiro atoms. The Bertz CT molecular complexity index is 377. The number of carboxylic acid groups (broad SMARTS) is 1. The zero-order valence-electron chi connectivity index (χ0n) is 10.2. The number of carbonyl (C=O) groups excluding carboxylic acids is 1. The van der Waals surface area contributed by atoms with Crippen LogP contribution in [-0.2, 0) is 14.3 Å². The Hall–Kier alpha value is -1.40. The summed E-state index contributed by atoms with van der Waals surface area (Å²) in [6.45, 7) is 1.37. The van der Waals surface area contributed by atoms with Crippen LogP contribution in [0.4, 0.5) is 0 Å². The van der Waals surface area contributed by atoms with Gasteiger partial charge in [-0.05, 0) is 17.9 Å². The SMILES string of the molecule is CCCC(NC(=O)COCC(=O)O)c1cccs1. The van der Waals surface area contributed by atoms with Crippen LogP contribution >= 0.6 is 11.3 Å². The summed E-state index contributed by atoms with van der Waals surface area (Å²) in [5.41, 5.74) is 0. The molecule has 6 heteroatoms. The second kappa shape index (κ2) is 7.84. The summed E-state index contributed by atoms with van der Waals surface area (Å²) >= 11 is 1.59. The molecular weight excluding hydrogens is 254 g/mol. The molecule has 0 radical (unpaired) electrons. The van der Waals surface area contributed by atoms with Crippen LogP contribution in [0.1, 0.15) is 30.7 Å². The second-order valence-electron chi connectivity index (χ2n) is 3.81. The van der Waals surface area contributed by atoms with E-state index in [1.54, 1.807) is 11.3 Å². The summed E-state index contributed by atoms with van der Waals surface area (Å²) in [5.74, 6) is -1.37. The van der Waals surface area contributed by atoms with E-state index in [0.717, 1.165) is 17.7 Å². The Morgan fingerprint density at radius 2 is 2.28 bits per heavy atom. The molecule has 1 aromatic rings. The predicted octanol–water partition coefficient (Wildman–Crippen LogP) is 1.81. The van der Waals surface area contributed by atoms with Crippen molar-refractivity contribution in [1.82, 2.24) is 5.32 Å². The first kappa shape index (κ1) is 14.7. The van der Waals surface area contributed by atoms with Crippen molar-refractivity contribution in [2.45, 2.75) is 25.8 Å². The third-order valence-corrected chi connectivity index (χ3v) is 3.24. The third kappa shape index (κ3) is 5.29. The van der Waals surface area contributed by atoms with Gasteiger partial charge in [0.2, 0.25) is 5.91 Å². The van der Waals surface area contributed by atoms with Gasteiger partial charge in [-0.25, -0.2) is 4.79 Å². The number of thiophene rings is 1. The number of nitrogens with one attached hydrogen (secondary N) is 1. The summed E-state index contributed by atoms with van der Waals surface area (Å²) < 4.78 is 4.75. The van der Waals surface area contributed by atoms with Crippen LogP contribution in [-0.4, -0.2) is 30.2 Å². The molecule has 0 aromatic carbocycles. The van der Waals surface area contributed by atoms with E-state index in [2.05, 4.69) is 5.32 Å². The minimum Gasteiger partial charge on any atom is -0.480 e. The zero-order chi connectivity index (χ0) is 13.4. The molecule has 0 aliphatic rings. The van der Waals surface area contributed by atoms with Crippen LogP contribution in [0.3, 0.4) is 0 Å². The third-order valence-electron chi connectivity index (χ3n) is 2.26. The highest BCUT2D eigenvalue weighted by molar-refractivity contribution is 7.10. The molecule has 1 amide bonds. The molecule has 2 N–H and O–H groups in total. The molecule has 0 aliphatic heterocycles. The fourth-order valence-electron chi connectivity index (χ4n) is 1.53. The van der Waals surface area contributed by atoms with Gasteiger partial charge in [0.1, 0.15) is 13.2 Å². The predicted molar refractivity (Wildman–Crippen MR) is 68.6 cm³/mol. The molecule has 5 nitrogen and oxygen atoms in total. The molecule has 0 fully saturated rings. The Kier molecular flexibility index (Phi) is 6.38. The zero-order valence-corrected chi connectivity index (χ0v) is 11.0. The van der Waals surface area contributed by atoms with Gasteiger partial charge in [-0.15, -0.1) is 11.3 Å². The Morgan fingerprint density at radius 3 is 2.83 bits per heavy atom. The maximum atomic E-state index is 11.6. The normalized spacial score (nSPS) is 12.1. The van der Waals surface area contributed by atoms with Crippen LogP contribution in [0.15, 0.2) is 17.5 Å². The minimum atomic E-state index is -1.08. The van der Waals surface area contributed by atoms with Crippen molar-refractivity contribution in [3.63, 3.8) is 0 Å². The lowest BCUT2D eigenvalue weighted by Gasteiger charge is -2.16. The Balaban J connectivity index is 2.41. The van der Waals surface area contributed by atoms with Crippen molar-refractivity contribution in [2.24, 2.45) is 0 Å². The number of carbonyl (C=O) groups is 2. The maximum Gasteiger partial charge on any atom is 0.329 e. The topological polar surface area (TPSA) is 75.6 Å². The second-order valence-corrected chi connectivity index (χ2v) is 4.79. The van der Waals surface area contributed by atoms with Crippen LogP contribution < -0.4 is 5.32 Å². The number of aliphatic carboxylic acids is 1. The molecule has 0 saturated heterocycles. The molecule has 0 aliphatic carbocycles. The van der Waals surface area contributed by atoms with Crippen molar-refractivity contribution in [1.29, 1.82) is 0 Å². The number of ether oxygens (including phenoxy) is 1. The molecule has 1 heterocycles. The van der Waals surface area contributed by atoms with Crippen LogP contribution in [0.2, 0.25) is 0 Å². The smallest absolute Gasteiger partial charge is 0.329 e. The van der Waals surface area contributed by atoms with Crippen LogP contribution in [0.5, 0.6) is 0 Å². The lowest BCUT2D eigenvalue weighted by molar-refractivity contribution is -0.143. The van der Waals surface area contributed by atoms with E-state index < -0.39 is 12.6 Å². The largest absolute Gasteiger partial charge is 0.480 e. The average molecular weight is 271 g/mol. The average Bonchev–Trinajstić information content (AvgIpc) is 2.81. The first-order chi connectivity index (χ1) is 8.63. The molecule has 18 heavy (non-hydrogen) atoms. The van der Waals surface area contributed by atoms with Gasteiger partial charge in [-0.2, -0.15) is 0 Å². The summed E-state index contributed by atoms with van der Waals surface area (Å²) in [4.78, 5) is 22.9. The van der Waals surface area contributed by atoms with Crippen molar-refractivity contribution in [3.05, 3.63) is 22.4 Å². The highest BCUT2D eigenvalue weighted by Gasteiger charge is 2.14. The minimum absolute atomic E-state index is 0.0177. The van der Waals surface area contributed by atoms with Gasteiger partial charge in [0.25, 0.3) is 0 Å². The summed E-state index contributed by atoms with van der Waals surface area (Å²) in [7, 11) is 0. The number of hydrogen-bond donors (Lipinski definition) is 2. The van der Waals surface area contributed by atoms with Gasteiger partial charge >= 0.3 is 5.97 Å². The van der Waals surface area contributed by atoms with Crippen molar-refractivity contribution >= 4 is 23.2 Å². The summed E-state index contributed by atoms with van der Waals surface area (Å²) in [5, 5.41) is 13.2. The van der Waals surface area contributed by atoms with E-state index in [4.69, 9.17) is 9.84 Å². The summed E-state index contributed by atoms with van der Waals surface area (Å²) in [6.07, 6.45) is 1.81. The van der Waals surface area contributed by atoms with Gasteiger partial charge < -0.3 is 15.2 Å². The maximum absolute atomic E-state index is 11.6. The highest BCUT2D eigenvalue weighted by atomic mass is 32.1. The lowest BCUT2D eigenvalue weighted by Crippen LogP contribution is -2.31. The van der Waals surface area contributed by atoms with Gasteiger partial charge in [-0.1, -0.05) is 19.4 Å². The number of rotatable bonds is 8. The molecule has 1 atom stereocenters. The van der Waals surface area contributed by atoms with Gasteiger partial charge in [0.15, 0.2) is 0 Å². The Labute approximate surface area is 110 Å². The first-order valence-corrected chi connectivity index (χ1v) is 6.63. The number of hydrogen-bond acceptors (Lipinski definition) is 4. The molecule has 0 bridgehead atoms. The molecular formula is C12H17NO4S. The fourth-order valence-corrected chi connectivity index (χ4v) is 2.34. The monoisotopic (exact) mass is 271 g/mol. The highest BCUT2D eigenvalue weighted by Crippen LogP contribution is 2.22. The fraction of sp³-hybridized carbons (Fsp3) is 0.500.